The van der Waals surface area contributed by atoms with Crippen LogP contribution in [-0.4, -0.2) is 34.0 Å². The van der Waals surface area contributed by atoms with E-state index in [1.165, 1.54) is 0 Å². The summed E-state index contributed by atoms with van der Waals surface area (Å²) in [5.74, 6) is -1.01. The molecule has 2 atom stereocenters. The standard InChI is InChI=1S/C19H21BrN2O2/c1-13-4-9-17(21-11-13)18(14-5-7-16(20)8-6-14)22-10-2-3-15(12-22)19(23)24/h4-9,11,15,18H,2-3,10,12H2,1H3,(H,23,24). The highest BCUT2D eigenvalue weighted by Crippen LogP contribution is 2.32. The van der Waals surface area contributed by atoms with Crippen LogP contribution in [0.1, 0.15) is 35.7 Å². The molecule has 126 valence electrons. The van der Waals surface area contributed by atoms with Crippen LogP contribution >= 0.6 is 15.9 Å². The summed E-state index contributed by atoms with van der Waals surface area (Å²) < 4.78 is 1.03. The van der Waals surface area contributed by atoms with Gasteiger partial charge in [0.2, 0.25) is 0 Å². The Kier molecular flexibility index (Phi) is 5.31. The number of rotatable bonds is 4. The molecule has 1 aromatic carbocycles. The van der Waals surface area contributed by atoms with Crippen LogP contribution in [-0.2, 0) is 4.79 Å². The van der Waals surface area contributed by atoms with Crippen LogP contribution in [0.25, 0.3) is 0 Å². The van der Waals surface area contributed by atoms with E-state index < -0.39 is 5.97 Å². The third-order valence-electron chi connectivity index (χ3n) is 4.57. The topological polar surface area (TPSA) is 53.4 Å². The van der Waals surface area contributed by atoms with Crippen molar-refractivity contribution in [2.45, 2.75) is 25.8 Å². The number of hydrogen-bond donors (Lipinski definition) is 1. The van der Waals surface area contributed by atoms with Gasteiger partial charge in [0, 0.05) is 17.2 Å². The number of aromatic nitrogens is 1. The van der Waals surface area contributed by atoms with E-state index in [1.807, 2.05) is 31.3 Å². The second-order valence-electron chi connectivity index (χ2n) is 6.39. The monoisotopic (exact) mass is 388 g/mol. The van der Waals surface area contributed by atoms with Crippen molar-refractivity contribution in [2.24, 2.45) is 5.92 Å². The SMILES string of the molecule is Cc1ccc(C(c2ccc(Br)cc2)N2CCCC(C(=O)O)C2)nc1. The molecule has 0 aliphatic carbocycles. The average Bonchev–Trinajstić information content (AvgIpc) is 2.59. The van der Waals surface area contributed by atoms with Crippen molar-refractivity contribution in [3.05, 3.63) is 63.9 Å². The smallest absolute Gasteiger partial charge is 0.307 e. The molecule has 0 saturated carbocycles. The van der Waals surface area contributed by atoms with Crippen LogP contribution in [0.3, 0.4) is 0 Å². The zero-order valence-electron chi connectivity index (χ0n) is 13.7. The highest BCUT2D eigenvalue weighted by atomic mass is 79.9. The minimum atomic E-state index is -0.703. The van der Waals surface area contributed by atoms with Crippen LogP contribution < -0.4 is 0 Å². The Morgan fingerprint density at radius 1 is 1.29 bits per heavy atom. The first-order valence-corrected chi connectivity index (χ1v) is 8.99. The van der Waals surface area contributed by atoms with Crippen LogP contribution in [0.2, 0.25) is 0 Å². The lowest BCUT2D eigenvalue weighted by atomic mass is 9.93. The highest BCUT2D eigenvalue weighted by Gasteiger charge is 2.31. The van der Waals surface area contributed by atoms with E-state index in [4.69, 9.17) is 0 Å². The van der Waals surface area contributed by atoms with Crippen molar-refractivity contribution >= 4 is 21.9 Å². The zero-order valence-corrected chi connectivity index (χ0v) is 15.2. The van der Waals surface area contributed by atoms with Gasteiger partial charge in [0.1, 0.15) is 0 Å². The molecular weight excluding hydrogens is 368 g/mol. The van der Waals surface area contributed by atoms with Crippen molar-refractivity contribution < 1.29 is 9.90 Å². The number of carboxylic acids is 1. The van der Waals surface area contributed by atoms with Crippen molar-refractivity contribution in [1.29, 1.82) is 0 Å². The lowest BCUT2D eigenvalue weighted by Crippen LogP contribution is -2.41. The molecule has 24 heavy (non-hydrogen) atoms. The van der Waals surface area contributed by atoms with Crippen LogP contribution in [0.4, 0.5) is 0 Å². The molecule has 1 aliphatic heterocycles. The molecule has 4 nitrogen and oxygen atoms in total. The minimum Gasteiger partial charge on any atom is -0.481 e. The molecule has 0 radical (unpaired) electrons. The number of piperidine rings is 1. The Labute approximate surface area is 150 Å². The number of likely N-dealkylation sites (tertiary alicyclic amines) is 1. The third kappa shape index (κ3) is 3.84. The van der Waals surface area contributed by atoms with Gasteiger partial charge in [-0.05, 0) is 55.6 Å². The first-order chi connectivity index (χ1) is 11.5. The third-order valence-corrected chi connectivity index (χ3v) is 5.10. The summed E-state index contributed by atoms with van der Waals surface area (Å²) in [5, 5.41) is 9.40. The van der Waals surface area contributed by atoms with Crippen LogP contribution in [0, 0.1) is 12.8 Å². The molecule has 2 heterocycles. The molecule has 3 rings (SSSR count). The molecule has 0 bridgehead atoms. The maximum absolute atomic E-state index is 11.4. The summed E-state index contributed by atoms with van der Waals surface area (Å²) in [5.41, 5.74) is 3.23. The fourth-order valence-corrected chi connectivity index (χ4v) is 3.56. The summed E-state index contributed by atoms with van der Waals surface area (Å²) in [6, 6.07) is 12.3. The van der Waals surface area contributed by atoms with E-state index >= 15 is 0 Å². The quantitative estimate of drug-likeness (QED) is 0.858. The second-order valence-corrected chi connectivity index (χ2v) is 7.30. The molecule has 0 spiro atoms. The van der Waals surface area contributed by atoms with E-state index in [0.717, 1.165) is 40.7 Å². The Hall–Kier alpha value is -1.72. The van der Waals surface area contributed by atoms with Crippen molar-refractivity contribution in [3.8, 4) is 0 Å². The van der Waals surface area contributed by atoms with E-state index in [9.17, 15) is 9.90 Å². The molecule has 1 saturated heterocycles. The van der Waals surface area contributed by atoms with E-state index in [1.54, 1.807) is 0 Å². The van der Waals surface area contributed by atoms with Crippen molar-refractivity contribution in [3.63, 3.8) is 0 Å². The maximum atomic E-state index is 11.4. The number of aliphatic carboxylic acids is 1. The lowest BCUT2D eigenvalue weighted by molar-refractivity contribution is -0.143. The Balaban J connectivity index is 1.96. The summed E-state index contributed by atoms with van der Waals surface area (Å²) in [6.07, 6.45) is 3.52. The molecule has 1 N–H and O–H groups in total. The molecule has 5 heteroatoms. The Morgan fingerprint density at radius 3 is 2.67 bits per heavy atom. The summed E-state index contributed by atoms with van der Waals surface area (Å²) in [4.78, 5) is 18.3. The molecule has 2 aromatic rings. The average molecular weight is 389 g/mol. The molecule has 1 aliphatic rings. The molecule has 2 unspecified atom stereocenters. The zero-order chi connectivity index (χ0) is 17.1. The highest BCUT2D eigenvalue weighted by molar-refractivity contribution is 9.10. The fourth-order valence-electron chi connectivity index (χ4n) is 3.30. The van der Waals surface area contributed by atoms with Gasteiger partial charge in [-0.1, -0.05) is 34.1 Å². The lowest BCUT2D eigenvalue weighted by Gasteiger charge is -2.37. The number of hydrogen-bond acceptors (Lipinski definition) is 3. The summed E-state index contributed by atoms with van der Waals surface area (Å²) in [7, 11) is 0. The van der Waals surface area contributed by atoms with Gasteiger partial charge in [0.05, 0.1) is 17.7 Å². The summed E-state index contributed by atoms with van der Waals surface area (Å²) >= 11 is 3.48. The molecule has 1 fully saturated rings. The number of halogens is 1. The van der Waals surface area contributed by atoms with Crippen LogP contribution in [0.5, 0.6) is 0 Å². The van der Waals surface area contributed by atoms with Gasteiger partial charge in [-0.2, -0.15) is 0 Å². The Bertz CT molecular complexity index is 655. The number of nitrogens with zero attached hydrogens (tertiary/aromatic N) is 2. The minimum absolute atomic E-state index is 0.0131. The van der Waals surface area contributed by atoms with Gasteiger partial charge in [0.15, 0.2) is 0 Å². The van der Waals surface area contributed by atoms with E-state index in [-0.39, 0.29) is 12.0 Å². The number of carbonyl (C=O) groups is 1. The van der Waals surface area contributed by atoms with Crippen LogP contribution in [0.15, 0.2) is 47.1 Å². The fraction of sp³-hybridized carbons (Fsp3) is 0.368. The van der Waals surface area contributed by atoms with Gasteiger partial charge in [0.25, 0.3) is 0 Å². The predicted molar refractivity (Wildman–Crippen MR) is 96.9 cm³/mol. The second kappa shape index (κ2) is 7.45. The number of aryl methyl sites for hydroxylation is 1. The van der Waals surface area contributed by atoms with Crippen molar-refractivity contribution in [1.82, 2.24) is 9.88 Å². The van der Waals surface area contributed by atoms with Crippen molar-refractivity contribution in [2.75, 3.05) is 13.1 Å². The largest absolute Gasteiger partial charge is 0.481 e. The van der Waals surface area contributed by atoms with Gasteiger partial charge in [-0.15, -0.1) is 0 Å². The van der Waals surface area contributed by atoms with Gasteiger partial charge in [-0.25, -0.2) is 0 Å². The normalized spacial score (nSPS) is 19.8. The molecular formula is C19H21BrN2O2. The predicted octanol–water partition coefficient (Wildman–Crippen LogP) is 4.04. The van der Waals surface area contributed by atoms with Gasteiger partial charge >= 0.3 is 5.97 Å². The van der Waals surface area contributed by atoms with Gasteiger partial charge < -0.3 is 5.11 Å². The maximum Gasteiger partial charge on any atom is 0.307 e. The first-order valence-electron chi connectivity index (χ1n) is 8.19. The van der Waals surface area contributed by atoms with E-state index in [0.29, 0.717) is 6.54 Å². The Morgan fingerprint density at radius 2 is 2.04 bits per heavy atom. The van der Waals surface area contributed by atoms with Gasteiger partial charge in [-0.3, -0.25) is 14.7 Å². The molecule has 1 aromatic heterocycles. The number of pyridine rings is 1. The first kappa shape index (κ1) is 17.1. The number of benzene rings is 1. The number of carboxylic acid groups (broad SMARTS) is 1. The van der Waals surface area contributed by atoms with E-state index in [2.05, 4.69) is 44.0 Å². The summed E-state index contributed by atoms with van der Waals surface area (Å²) in [6.45, 7) is 3.47. The molecule has 0 amide bonds.